The summed E-state index contributed by atoms with van der Waals surface area (Å²) in [6.07, 6.45) is 0.548. The normalized spacial score (nSPS) is 24.7. The third kappa shape index (κ3) is 2.55. The molecule has 92 valence electrons. The van der Waals surface area contributed by atoms with Gasteiger partial charge in [0, 0.05) is 30.9 Å². The second-order valence-corrected chi connectivity index (χ2v) is 4.56. The molecule has 0 bridgehead atoms. The molecular formula is C12H16N2O3. The number of hydrogen-bond acceptors (Lipinski definition) is 4. The van der Waals surface area contributed by atoms with Crippen LogP contribution < -0.4 is 4.90 Å². The predicted octanol–water partition coefficient (Wildman–Crippen LogP) is 1.80. The SMILES string of the molecule is CC1CCN(c2cccc([N+](=O)[O-])c2)CC1O. The highest BCUT2D eigenvalue weighted by Crippen LogP contribution is 2.26. The summed E-state index contributed by atoms with van der Waals surface area (Å²) in [7, 11) is 0. The van der Waals surface area contributed by atoms with E-state index < -0.39 is 4.92 Å². The highest BCUT2D eigenvalue weighted by atomic mass is 16.6. The number of β-amino-alcohol motifs (C(OH)–C–C–N with tert-alkyl or cyclic N) is 1. The van der Waals surface area contributed by atoms with Gasteiger partial charge >= 0.3 is 0 Å². The Hall–Kier alpha value is -1.62. The minimum atomic E-state index is -0.396. The van der Waals surface area contributed by atoms with Gasteiger partial charge in [-0.25, -0.2) is 0 Å². The van der Waals surface area contributed by atoms with Crippen molar-refractivity contribution in [1.82, 2.24) is 0 Å². The highest BCUT2D eigenvalue weighted by molar-refractivity contribution is 5.53. The second kappa shape index (κ2) is 4.71. The number of benzene rings is 1. The first-order valence-corrected chi connectivity index (χ1v) is 5.75. The summed E-state index contributed by atoms with van der Waals surface area (Å²) < 4.78 is 0. The Labute approximate surface area is 99.8 Å². The number of nitro groups is 1. The first-order chi connectivity index (χ1) is 8.08. The predicted molar refractivity (Wildman–Crippen MR) is 65.1 cm³/mol. The summed E-state index contributed by atoms with van der Waals surface area (Å²) in [6, 6.07) is 6.56. The molecule has 1 aliphatic rings. The lowest BCUT2D eigenvalue weighted by molar-refractivity contribution is -0.384. The molecule has 1 N–H and O–H groups in total. The van der Waals surface area contributed by atoms with Crippen molar-refractivity contribution in [3.8, 4) is 0 Å². The van der Waals surface area contributed by atoms with Gasteiger partial charge in [-0.1, -0.05) is 13.0 Å². The third-order valence-corrected chi connectivity index (χ3v) is 3.32. The molecule has 17 heavy (non-hydrogen) atoms. The van der Waals surface area contributed by atoms with Crippen molar-refractivity contribution >= 4 is 11.4 Å². The monoisotopic (exact) mass is 236 g/mol. The maximum absolute atomic E-state index is 10.7. The molecule has 0 aromatic heterocycles. The van der Waals surface area contributed by atoms with Crippen LogP contribution in [0.5, 0.6) is 0 Å². The van der Waals surface area contributed by atoms with Crippen LogP contribution in [0.1, 0.15) is 13.3 Å². The van der Waals surface area contributed by atoms with Crippen molar-refractivity contribution in [2.24, 2.45) is 5.92 Å². The van der Waals surface area contributed by atoms with E-state index in [4.69, 9.17) is 0 Å². The van der Waals surface area contributed by atoms with Crippen LogP contribution in [0.3, 0.4) is 0 Å². The van der Waals surface area contributed by atoms with Gasteiger partial charge in [0.1, 0.15) is 0 Å². The minimum Gasteiger partial charge on any atom is -0.391 e. The van der Waals surface area contributed by atoms with Crippen LogP contribution in [-0.2, 0) is 0 Å². The number of hydrogen-bond donors (Lipinski definition) is 1. The van der Waals surface area contributed by atoms with Crippen LogP contribution in [0, 0.1) is 16.0 Å². The highest BCUT2D eigenvalue weighted by Gasteiger charge is 2.24. The van der Waals surface area contributed by atoms with E-state index >= 15 is 0 Å². The van der Waals surface area contributed by atoms with Gasteiger partial charge in [-0.3, -0.25) is 10.1 Å². The number of nitrogens with zero attached hydrogens (tertiary/aromatic N) is 2. The summed E-state index contributed by atoms with van der Waals surface area (Å²) in [5.41, 5.74) is 0.903. The molecule has 2 rings (SSSR count). The Kier molecular flexibility index (Phi) is 3.28. The van der Waals surface area contributed by atoms with E-state index in [-0.39, 0.29) is 11.8 Å². The summed E-state index contributed by atoms with van der Waals surface area (Å²) in [6.45, 7) is 3.40. The number of piperidine rings is 1. The number of anilines is 1. The average molecular weight is 236 g/mol. The van der Waals surface area contributed by atoms with Crippen molar-refractivity contribution in [3.05, 3.63) is 34.4 Å². The topological polar surface area (TPSA) is 66.6 Å². The van der Waals surface area contributed by atoms with Gasteiger partial charge in [-0.15, -0.1) is 0 Å². The first-order valence-electron chi connectivity index (χ1n) is 5.75. The molecule has 1 fully saturated rings. The zero-order chi connectivity index (χ0) is 12.4. The molecule has 0 amide bonds. The standard InChI is InChI=1S/C12H16N2O3/c1-9-5-6-13(8-12(9)15)10-3-2-4-11(7-10)14(16)17/h2-4,7,9,12,15H,5-6,8H2,1H3. The molecule has 1 aromatic rings. The fraction of sp³-hybridized carbons (Fsp3) is 0.500. The van der Waals surface area contributed by atoms with Gasteiger partial charge in [-0.2, -0.15) is 0 Å². The maximum atomic E-state index is 10.7. The molecule has 0 radical (unpaired) electrons. The van der Waals surface area contributed by atoms with Crippen molar-refractivity contribution < 1.29 is 10.0 Å². The molecule has 0 aliphatic carbocycles. The van der Waals surface area contributed by atoms with E-state index in [0.29, 0.717) is 12.5 Å². The Morgan fingerprint density at radius 1 is 1.53 bits per heavy atom. The van der Waals surface area contributed by atoms with Crippen LogP contribution in [0.2, 0.25) is 0 Å². The summed E-state index contributed by atoms with van der Waals surface area (Å²) in [5, 5.41) is 20.5. The molecule has 2 atom stereocenters. The van der Waals surface area contributed by atoms with E-state index in [9.17, 15) is 15.2 Å². The van der Waals surface area contributed by atoms with Gasteiger partial charge < -0.3 is 10.0 Å². The number of non-ortho nitro benzene ring substituents is 1. The Morgan fingerprint density at radius 2 is 2.29 bits per heavy atom. The molecule has 1 heterocycles. The van der Waals surface area contributed by atoms with Crippen LogP contribution in [0.15, 0.2) is 24.3 Å². The third-order valence-electron chi connectivity index (χ3n) is 3.32. The molecule has 5 nitrogen and oxygen atoms in total. The largest absolute Gasteiger partial charge is 0.391 e. The van der Waals surface area contributed by atoms with Crippen molar-refractivity contribution in [2.45, 2.75) is 19.4 Å². The fourth-order valence-electron chi connectivity index (χ4n) is 2.09. The van der Waals surface area contributed by atoms with E-state index in [1.54, 1.807) is 12.1 Å². The number of aliphatic hydroxyl groups excluding tert-OH is 1. The van der Waals surface area contributed by atoms with Crippen molar-refractivity contribution in [3.63, 3.8) is 0 Å². The Bertz CT molecular complexity index is 422. The lowest BCUT2D eigenvalue weighted by Crippen LogP contribution is -2.42. The molecule has 1 aromatic carbocycles. The van der Waals surface area contributed by atoms with E-state index in [1.807, 2.05) is 17.9 Å². The Morgan fingerprint density at radius 3 is 2.94 bits per heavy atom. The van der Waals surface area contributed by atoms with Crippen LogP contribution >= 0.6 is 0 Å². The molecule has 1 aliphatic heterocycles. The summed E-state index contributed by atoms with van der Waals surface area (Å²) in [4.78, 5) is 12.3. The second-order valence-electron chi connectivity index (χ2n) is 4.56. The van der Waals surface area contributed by atoms with E-state index in [1.165, 1.54) is 6.07 Å². The van der Waals surface area contributed by atoms with Crippen molar-refractivity contribution in [1.29, 1.82) is 0 Å². The summed E-state index contributed by atoms with van der Waals surface area (Å²) in [5.74, 6) is 0.296. The fourth-order valence-corrected chi connectivity index (χ4v) is 2.09. The smallest absolute Gasteiger partial charge is 0.271 e. The van der Waals surface area contributed by atoms with Gasteiger partial charge in [0.15, 0.2) is 0 Å². The molecule has 5 heteroatoms. The molecular weight excluding hydrogens is 220 g/mol. The number of nitro benzene ring substituents is 1. The van der Waals surface area contributed by atoms with Gasteiger partial charge in [0.05, 0.1) is 11.0 Å². The first kappa shape index (κ1) is 11.9. The van der Waals surface area contributed by atoms with Gasteiger partial charge in [0.2, 0.25) is 0 Å². The van der Waals surface area contributed by atoms with E-state index in [0.717, 1.165) is 18.7 Å². The van der Waals surface area contributed by atoms with Crippen LogP contribution in [0.4, 0.5) is 11.4 Å². The van der Waals surface area contributed by atoms with Crippen molar-refractivity contribution in [2.75, 3.05) is 18.0 Å². The quantitative estimate of drug-likeness (QED) is 0.628. The van der Waals surface area contributed by atoms with Gasteiger partial charge in [-0.05, 0) is 18.4 Å². The lowest BCUT2D eigenvalue weighted by atomic mass is 9.95. The summed E-state index contributed by atoms with van der Waals surface area (Å²) >= 11 is 0. The van der Waals surface area contributed by atoms with E-state index in [2.05, 4.69) is 0 Å². The number of aliphatic hydroxyl groups is 1. The van der Waals surface area contributed by atoms with Crippen LogP contribution in [-0.4, -0.2) is 29.2 Å². The van der Waals surface area contributed by atoms with Gasteiger partial charge in [0.25, 0.3) is 5.69 Å². The lowest BCUT2D eigenvalue weighted by Gasteiger charge is -2.35. The average Bonchev–Trinajstić information content (AvgIpc) is 2.33. The zero-order valence-electron chi connectivity index (χ0n) is 9.74. The minimum absolute atomic E-state index is 0.0932. The molecule has 2 unspecified atom stereocenters. The molecule has 1 saturated heterocycles. The molecule has 0 spiro atoms. The zero-order valence-corrected chi connectivity index (χ0v) is 9.74. The van der Waals surface area contributed by atoms with Crippen LogP contribution in [0.25, 0.3) is 0 Å². The Balaban J connectivity index is 2.17. The molecule has 0 saturated carbocycles. The number of rotatable bonds is 2. The maximum Gasteiger partial charge on any atom is 0.271 e.